The first-order valence-corrected chi connectivity index (χ1v) is 14.9. The van der Waals surface area contributed by atoms with E-state index < -0.39 is 26.9 Å². The third-order valence-electron chi connectivity index (χ3n) is 6.96. The van der Waals surface area contributed by atoms with Crippen LogP contribution in [0, 0.1) is 0 Å². The summed E-state index contributed by atoms with van der Waals surface area (Å²) in [5, 5.41) is 9.29. The number of hydrogen-bond donors (Lipinski definition) is 2. The van der Waals surface area contributed by atoms with Crippen molar-refractivity contribution in [1.29, 1.82) is 0 Å². The molecule has 1 unspecified atom stereocenters. The minimum absolute atomic E-state index is 0. The fourth-order valence-corrected chi connectivity index (χ4v) is 8.34. The number of amides is 2. The van der Waals surface area contributed by atoms with E-state index in [1.807, 2.05) is 30.3 Å². The molecular formula is C28H27ClN4O6S2. The van der Waals surface area contributed by atoms with Crippen LogP contribution in [0.4, 0.5) is 0 Å². The molecule has 1 saturated heterocycles. The van der Waals surface area contributed by atoms with Crippen molar-refractivity contribution >= 4 is 51.5 Å². The van der Waals surface area contributed by atoms with E-state index in [1.54, 1.807) is 48.3 Å². The molecule has 4 heterocycles. The van der Waals surface area contributed by atoms with Crippen molar-refractivity contribution in [2.24, 2.45) is 0 Å². The lowest BCUT2D eigenvalue weighted by Gasteiger charge is -2.30. The molecule has 0 bridgehead atoms. The van der Waals surface area contributed by atoms with Crippen molar-refractivity contribution in [2.75, 3.05) is 18.8 Å². The predicted molar refractivity (Wildman–Crippen MR) is 157 cm³/mol. The number of oxazole rings is 1. The lowest BCUT2D eigenvalue weighted by Crippen LogP contribution is -2.41. The van der Waals surface area contributed by atoms with Crippen LogP contribution in [0.2, 0.25) is 0 Å². The molecule has 5 rings (SSSR count). The van der Waals surface area contributed by atoms with E-state index in [2.05, 4.69) is 9.97 Å². The number of thiophene rings is 1. The highest BCUT2D eigenvalue weighted by atomic mass is 35.5. The number of hydrogen-bond acceptors (Lipinski definition) is 9. The van der Waals surface area contributed by atoms with Gasteiger partial charge < -0.3 is 9.32 Å². The van der Waals surface area contributed by atoms with Crippen molar-refractivity contribution in [3.8, 4) is 21.8 Å². The number of carbonyl (C=O) groups is 2. The van der Waals surface area contributed by atoms with Crippen LogP contribution < -0.4 is 5.48 Å². The second-order valence-electron chi connectivity index (χ2n) is 9.32. The number of halogens is 1. The Morgan fingerprint density at radius 2 is 1.78 bits per heavy atom. The molecule has 2 N–H and O–H groups in total. The summed E-state index contributed by atoms with van der Waals surface area (Å²) in [6, 6.07) is 14.6. The van der Waals surface area contributed by atoms with E-state index in [-0.39, 0.29) is 43.6 Å². The normalized spacial score (nSPS) is 18.4. The molecule has 214 valence electrons. The third kappa shape index (κ3) is 6.41. The van der Waals surface area contributed by atoms with Gasteiger partial charge in [-0.2, -0.15) is 0 Å². The van der Waals surface area contributed by atoms with Crippen LogP contribution in [0.5, 0.6) is 0 Å². The van der Waals surface area contributed by atoms with Crippen LogP contribution >= 0.6 is 23.7 Å². The number of aromatic nitrogens is 2. The molecule has 1 atom stereocenters. The summed E-state index contributed by atoms with van der Waals surface area (Å²) in [5.74, 6) is -0.827. The van der Waals surface area contributed by atoms with Crippen molar-refractivity contribution in [3.63, 3.8) is 0 Å². The van der Waals surface area contributed by atoms with Crippen molar-refractivity contribution < 1.29 is 27.6 Å². The molecule has 41 heavy (non-hydrogen) atoms. The van der Waals surface area contributed by atoms with E-state index in [4.69, 9.17) is 4.42 Å². The lowest BCUT2D eigenvalue weighted by molar-refractivity contribution is -0.129. The Morgan fingerprint density at radius 3 is 2.46 bits per heavy atom. The largest absolute Gasteiger partial charge is 0.444 e. The van der Waals surface area contributed by atoms with Crippen molar-refractivity contribution in [2.45, 2.75) is 17.6 Å². The van der Waals surface area contributed by atoms with Gasteiger partial charge in [-0.15, -0.1) is 23.7 Å². The van der Waals surface area contributed by atoms with E-state index in [0.717, 1.165) is 21.6 Å². The highest BCUT2D eigenvalue weighted by Crippen LogP contribution is 2.45. The van der Waals surface area contributed by atoms with E-state index >= 15 is 0 Å². The van der Waals surface area contributed by atoms with Gasteiger partial charge in [0.15, 0.2) is 22.0 Å². The first kappa shape index (κ1) is 30.1. The van der Waals surface area contributed by atoms with E-state index in [9.17, 15) is 23.2 Å². The van der Waals surface area contributed by atoms with Gasteiger partial charge in [-0.05, 0) is 47.9 Å². The van der Waals surface area contributed by atoms with Crippen molar-refractivity contribution in [1.82, 2.24) is 20.3 Å². The van der Waals surface area contributed by atoms with Crippen molar-refractivity contribution in [3.05, 3.63) is 90.0 Å². The first-order valence-electron chi connectivity index (χ1n) is 12.4. The highest BCUT2D eigenvalue weighted by molar-refractivity contribution is 7.92. The zero-order valence-electron chi connectivity index (χ0n) is 21.7. The Kier molecular flexibility index (Phi) is 9.38. The van der Waals surface area contributed by atoms with Gasteiger partial charge in [-0.3, -0.25) is 19.8 Å². The van der Waals surface area contributed by atoms with E-state index in [0.29, 0.717) is 10.6 Å². The number of rotatable bonds is 7. The molecule has 2 amide bonds. The molecule has 10 nitrogen and oxygen atoms in total. The summed E-state index contributed by atoms with van der Waals surface area (Å²) in [7, 11) is -3.93. The molecule has 1 aromatic carbocycles. The number of pyridine rings is 1. The summed E-state index contributed by atoms with van der Waals surface area (Å²) in [6.45, 7) is 0.113. The van der Waals surface area contributed by atoms with Crippen LogP contribution in [-0.4, -0.2) is 59.1 Å². The van der Waals surface area contributed by atoms with E-state index in [1.165, 1.54) is 28.7 Å². The molecule has 1 aliphatic rings. The summed E-state index contributed by atoms with van der Waals surface area (Å²) in [6.07, 6.45) is 8.79. The first-order chi connectivity index (χ1) is 19.3. The quantitative estimate of drug-likeness (QED) is 0.178. The van der Waals surface area contributed by atoms with Gasteiger partial charge in [0.2, 0.25) is 11.8 Å². The van der Waals surface area contributed by atoms with Gasteiger partial charge in [0.05, 0.1) is 18.4 Å². The van der Waals surface area contributed by atoms with Crippen LogP contribution in [-0.2, 0) is 24.2 Å². The number of nitrogens with one attached hydrogen (secondary N) is 1. The number of benzene rings is 1. The Balaban J connectivity index is 0.00000387. The van der Waals surface area contributed by atoms with Crippen LogP contribution in [0.15, 0.2) is 84.0 Å². The molecule has 1 aliphatic heterocycles. The predicted octanol–water partition coefficient (Wildman–Crippen LogP) is 4.34. The second-order valence-corrected chi connectivity index (χ2v) is 12.8. The summed E-state index contributed by atoms with van der Waals surface area (Å²) < 4.78 is 31.4. The van der Waals surface area contributed by atoms with Gasteiger partial charge >= 0.3 is 0 Å². The highest BCUT2D eigenvalue weighted by Gasteiger charge is 2.49. The Bertz CT molecular complexity index is 1620. The molecule has 0 radical (unpaired) electrons. The lowest BCUT2D eigenvalue weighted by atomic mass is 9.97. The maximum absolute atomic E-state index is 13.8. The Labute approximate surface area is 247 Å². The SMILES string of the molecule is Cl.O=C(CC1(c2ccc(-c3ccc(-c4cnco4)cc3)s2)CCN(C(=O)/C=C/c2ccncc2)CCS1(=O)=O)NO. The minimum Gasteiger partial charge on any atom is -0.444 e. The smallest absolute Gasteiger partial charge is 0.246 e. The molecular weight excluding hydrogens is 588 g/mol. The number of carbonyl (C=O) groups excluding carboxylic acids is 2. The van der Waals surface area contributed by atoms with Gasteiger partial charge in [0, 0.05) is 46.9 Å². The Morgan fingerprint density at radius 1 is 1.05 bits per heavy atom. The third-order valence-corrected chi connectivity index (χ3v) is 10.9. The molecule has 0 aliphatic carbocycles. The number of sulfone groups is 1. The van der Waals surface area contributed by atoms with Gasteiger partial charge in [0.1, 0.15) is 4.75 Å². The maximum Gasteiger partial charge on any atom is 0.246 e. The number of hydroxylamine groups is 1. The molecule has 0 saturated carbocycles. The fraction of sp³-hybridized carbons (Fsp3) is 0.214. The van der Waals surface area contributed by atoms with Gasteiger partial charge in [0.25, 0.3) is 0 Å². The Hall–Kier alpha value is -3.84. The minimum atomic E-state index is -3.93. The molecule has 3 aromatic heterocycles. The van der Waals surface area contributed by atoms with Crippen LogP contribution in [0.3, 0.4) is 0 Å². The average Bonchev–Trinajstić information content (AvgIpc) is 3.67. The summed E-state index contributed by atoms with van der Waals surface area (Å²) >= 11 is 1.28. The molecule has 0 spiro atoms. The topological polar surface area (TPSA) is 143 Å². The van der Waals surface area contributed by atoms with Gasteiger partial charge in [-0.25, -0.2) is 18.9 Å². The summed E-state index contributed by atoms with van der Waals surface area (Å²) in [4.78, 5) is 36.0. The second kappa shape index (κ2) is 12.8. The maximum atomic E-state index is 13.8. The standard InChI is InChI=1S/C28H26N4O6S2.ClH/c33-26(31-35)17-28(25-7-6-24(39-25)22-4-2-21(3-5-22)23-18-30-19-38-23)11-14-32(15-16-40(28,36)37)27(34)8-1-20-9-12-29-13-10-20;/h1-10,12-13,18-19,35H,11,14-17H2,(H,31,33);1H/b8-1+;. The zero-order valence-corrected chi connectivity index (χ0v) is 24.1. The zero-order chi connectivity index (χ0) is 28.2. The number of nitrogens with zero attached hydrogens (tertiary/aromatic N) is 3. The van der Waals surface area contributed by atoms with Gasteiger partial charge in [-0.1, -0.05) is 24.3 Å². The summed E-state index contributed by atoms with van der Waals surface area (Å²) in [5.41, 5.74) is 4.09. The molecule has 13 heteroatoms. The molecule has 4 aromatic rings. The van der Waals surface area contributed by atoms with Crippen LogP contribution in [0.1, 0.15) is 23.3 Å². The molecule has 1 fully saturated rings. The fourth-order valence-electron chi connectivity index (χ4n) is 4.73. The average molecular weight is 615 g/mol. The monoisotopic (exact) mass is 614 g/mol. The van der Waals surface area contributed by atoms with Crippen LogP contribution in [0.25, 0.3) is 27.8 Å².